The van der Waals surface area contributed by atoms with Crippen molar-refractivity contribution in [3.63, 3.8) is 0 Å². The van der Waals surface area contributed by atoms with E-state index in [1.165, 1.54) is 6.07 Å². The van der Waals surface area contributed by atoms with Gasteiger partial charge in [-0.1, -0.05) is 24.3 Å². The summed E-state index contributed by atoms with van der Waals surface area (Å²) in [7, 11) is 0. The van der Waals surface area contributed by atoms with Crippen LogP contribution in [0.25, 0.3) is 0 Å². The van der Waals surface area contributed by atoms with E-state index in [1.807, 2.05) is 6.92 Å². The minimum atomic E-state index is -0.0899. The third-order valence-electron chi connectivity index (χ3n) is 2.06. The number of hydrogen-bond acceptors (Lipinski definition) is 5. The number of nitrogens with zero attached hydrogens (tertiary/aromatic N) is 2. The van der Waals surface area contributed by atoms with Gasteiger partial charge in [0.05, 0.1) is 0 Å². The summed E-state index contributed by atoms with van der Waals surface area (Å²) in [5.74, 6) is 0. The SMILES string of the molecule is CCc1nnc(NCc2ccc(=O)[nH]c2)s1. The Labute approximate surface area is 96.6 Å². The number of nitrogens with one attached hydrogen (secondary N) is 2. The van der Waals surface area contributed by atoms with Crippen LogP contribution in [0.2, 0.25) is 0 Å². The van der Waals surface area contributed by atoms with Crippen molar-refractivity contribution in [1.82, 2.24) is 15.2 Å². The van der Waals surface area contributed by atoms with Crippen LogP contribution in [0.4, 0.5) is 5.13 Å². The van der Waals surface area contributed by atoms with E-state index >= 15 is 0 Å². The van der Waals surface area contributed by atoms with Crippen molar-refractivity contribution in [2.24, 2.45) is 0 Å². The zero-order valence-electron chi connectivity index (χ0n) is 8.86. The maximum Gasteiger partial charge on any atom is 0.247 e. The zero-order chi connectivity index (χ0) is 11.4. The van der Waals surface area contributed by atoms with Crippen molar-refractivity contribution >= 4 is 16.5 Å². The first-order chi connectivity index (χ1) is 7.78. The lowest BCUT2D eigenvalue weighted by Crippen LogP contribution is -2.05. The van der Waals surface area contributed by atoms with Crippen LogP contribution in [0.3, 0.4) is 0 Å². The number of aryl methyl sites for hydroxylation is 1. The Morgan fingerprint density at radius 1 is 1.44 bits per heavy atom. The van der Waals surface area contributed by atoms with Crippen molar-refractivity contribution in [2.45, 2.75) is 19.9 Å². The van der Waals surface area contributed by atoms with E-state index in [9.17, 15) is 4.79 Å². The summed E-state index contributed by atoms with van der Waals surface area (Å²) < 4.78 is 0. The van der Waals surface area contributed by atoms with Gasteiger partial charge < -0.3 is 10.3 Å². The van der Waals surface area contributed by atoms with E-state index in [4.69, 9.17) is 0 Å². The predicted octanol–water partition coefficient (Wildman–Crippen LogP) is 1.40. The lowest BCUT2D eigenvalue weighted by molar-refractivity contribution is 0.973. The standard InChI is InChI=1S/C10H12N4OS/c1-2-9-13-14-10(16-9)12-6-7-3-4-8(15)11-5-7/h3-5H,2,6H2,1H3,(H,11,15)(H,12,14). The summed E-state index contributed by atoms with van der Waals surface area (Å²) in [6.07, 6.45) is 2.59. The highest BCUT2D eigenvalue weighted by molar-refractivity contribution is 7.15. The fourth-order valence-corrected chi connectivity index (χ4v) is 1.87. The lowest BCUT2D eigenvalue weighted by atomic mass is 10.3. The molecule has 0 bridgehead atoms. The van der Waals surface area contributed by atoms with E-state index in [0.29, 0.717) is 6.54 Å². The molecule has 6 heteroatoms. The normalized spacial score (nSPS) is 10.3. The second-order valence-corrected chi connectivity index (χ2v) is 4.33. The highest BCUT2D eigenvalue weighted by Gasteiger charge is 2.01. The molecule has 0 spiro atoms. The van der Waals surface area contributed by atoms with Crippen LogP contribution in [-0.4, -0.2) is 15.2 Å². The van der Waals surface area contributed by atoms with E-state index in [2.05, 4.69) is 20.5 Å². The minimum Gasteiger partial charge on any atom is -0.356 e. The molecule has 16 heavy (non-hydrogen) atoms. The summed E-state index contributed by atoms with van der Waals surface area (Å²) in [6.45, 7) is 2.68. The quantitative estimate of drug-likeness (QED) is 0.841. The Morgan fingerprint density at radius 2 is 2.31 bits per heavy atom. The van der Waals surface area contributed by atoms with Crippen molar-refractivity contribution in [2.75, 3.05) is 5.32 Å². The fraction of sp³-hybridized carbons (Fsp3) is 0.300. The average molecular weight is 236 g/mol. The number of H-pyrrole nitrogens is 1. The van der Waals surface area contributed by atoms with Crippen molar-refractivity contribution in [3.05, 3.63) is 39.3 Å². The summed E-state index contributed by atoms with van der Waals surface area (Å²) in [5.41, 5.74) is 0.917. The first-order valence-corrected chi connectivity index (χ1v) is 5.83. The van der Waals surface area contributed by atoms with Gasteiger partial charge in [0, 0.05) is 18.8 Å². The molecular weight excluding hydrogens is 224 g/mol. The third-order valence-corrected chi connectivity index (χ3v) is 3.09. The molecule has 0 aliphatic heterocycles. The van der Waals surface area contributed by atoms with Crippen LogP contribution in [0.1, 0.15) is 17.5 Å². The van der Waals surface area contributed by atoms with Crippen LogP contribution < -0.4 is 10.9 Å². The molecule has 0 saturated carbocycles. The van der Waals surface area contributed by atoms with Gasteiger partial charge in [-0.3, -0.25) is 4.79 Å². The first-order valence-electron chi connectivity index (χ1n) is 5.02. The Morgan fingerprint density at radius 3 is 2.94 bits per heavy atom. The topological polar surface area (TPSA) is 70.7 Å². The van der Waals surface area contributed by atoms with Gasteiger partial charge in [0.25, 0.3) is 0 Å². The van der Waals surface area contributed by atoms with E-state index < -0.39 is 0 Å². The fourth-order valence-electron chi connectivity index (χ4n) is 1.20. The molecular formula is C10H12N4OS. The molecule has 2 heterocycles. The number of pyridine rings is 1. The smallest absolute Gasteiger partial charge is 0.247 e. The third kappa shape index (κ3) is 2.66. The van der Waals surface area contributed by atoms with Gasteiger partial charge in [0.15, 0.2) is 0 Å². The molecule has 2 N–H and O–H groups in total. The van der Waals surface area contributed by atoms with Gasteiger partial charge in [0.2, 0.25) is 10.7 Å². The van der Waals surface area contributed by atoms with Crippen molar-refractivity contribution < 1.29 is 0 Å². The Balaban J connectivity index is 1.96. The predicted molar refractivity (Wildman–Crippen MR) is 63.7 cm³/mol. The molecule has 0 saturated heterocycles. The van der Waals surface area contributed by atoms with E-state index in [-0.39, 0.29) is 5.56 Å². The maximum absolute atomic E-state index is 10.8. The zero-order valence-corrected chi connectivity index (χ0v) is 9.67. The highest BCUT2D eigenvalue weighted by Crippen LogP contribution is 2.15. The van der Waals surface area contributed by atoms with Crippen molar-refractivity contribution in [1.29, 1.82) is 0 Å². The van der Waals surface area contributed by atoms with Crippen LogP contribution >= 0.6 is 11.3 Å². The number of aromatic amines is 1. The maximum atomic E-state index is 10.8. The Kier molecular flexibility index (Phi) is 3.31. The molecule has 84 valence electrons. The number of anilines is 1. The molecule has 2 aromatic heterocycles. The van der Waals surface area contributed by atoms with Crippen LogP contribution in [-0.2, 0) is 13.0 Å². The molecule has 0 radical (unpaired) electrons. The molecule has 5 nitrogen and oxygen atoms in total. The van der Waals surface area contributed by atoms with Gasteiger partial charge in [-0.2, -0.15) is 0 Å². The van der Waals surface area contributed by atoms with Gasteiger partial charge in [-0.25, -0.2) is 0 Å². The molecule has 0 unspecified atom stereocenters. The molecule has 0 fully saturated rings. The largest absolute Gasteiger partial charge is 0.356 e. The van der Waals surface area contributed by atoms with Crippen LogP contribution in [0.5, 0.6) is 0 Å². The molecule has 0 aromatic carbocycles. The number of aromatic nitrogens is 3. The molecule has 2 aromatic rings. The minimum absolute atomic E-state index is 0.0899. The lowest BCUT2D eigenvalue weighted by Gasteiger charge is -2.00. The number of hydrogen-bond donors (Lipinski definition) is 2. The summed E-state index contributed by atoms with van der Waals surface area (Å²) >= 11 is 1.55. The van der Waals surface area contributed by atoms with Gasteiger partial charge in [0.1, 0.15) is 5.01 Å². The molecule has 0 aliphatic rings. The van der Waals surface area contributed by atoms with Crippen molar-refractivity contribution in [3.8, 4) is 0 Å². The average Bonchev–Trinajstić information content (AvgIpc) is 2.76. The summed E-state index contributed by atoms with van der Waals surface area (Å²) in [6, 6.07) is 3.29. The Bertz CT molecular complexity index is 499. The second kappa shape index (κ2) is 4.89. The monoisotopic (exact) mass is 236 g/mol. The van der Waals surface area contributed by atoms with E-state index in [1.54, 1.807) is 23.6 Å². The van der Waals surface area contributed by atoms with E-state index in [0.717, 1.165) is 22.1 Å². The summed E-state index contributed by atoms with van der Waals surface area (Å²) in [5, 5.41) is 13.0. The van der Waals surface area contributed by atoms with Crippen LogP contribution in [0.15, 0.2) is 23.1 Å². The molecule has 2 rings (SSSR count). The highest BCUT2D eigenvalue weighted by atomic mass is 32.1. The summed E-state index contributed by atoms with van der Waals surface area (Å²) in [4.78, 5) is 13.5. The second-order valence-electron chi connectivity index (χ2n) is 3.27. The van der Waals surface area contributed by atoms with Gasteiger partial charge in [-0.15, -0.1) is 10.2 Å². The van der Waals surface area contributed by atoms with Crippen LogP contribution in [0, 0.1) is 0 Å². The number of rotatable bonds is 4. The molecule has 0 amide bonds. The molecule has 0 atom stereocenters. The van der Waals surface area contributed by atoms with Gasteiger partial charge >= 0.3 is 0 Å². The van der Waals surface area contributed by atoms with Gasteiger partial charge in [-0.05, 0) is 12.0 Å². The molecule has 0 aliphatic carbocycles. The first kappa shape index (κ1) is 10.8. The Hall–Kier alpha value is -1.69.